The van der Waals surface area contributed by atoms with Crippen molar-refractivity contribution in [3.8, 4) is 0 Å². The highest BCUT2D eigenvalue weighted by Crippen LogP contribution is 2.27. The first-order valence-corrected chi connectivity index (χ1v) is 11.8. The van der Waals surface area contributed by atoms with E-state index in [1.54, 1.807) is 20.0 Å². The summed E-state index contributed by atoms with van der Waals surface area (Å²) in [4.78, 5) is 18.0. The lowest BCUT2D eigenvalue weighted by atomic mass is 10.2. The van der Waals surface area contributed by atoms with Crippen LogP contribution in [0.25, 0.3) is 0 Å². The molecule has 7 nitrogen and oxygen atoms in total. The Bertz CT molecular complexity index is 1100. The molecule has 3 aromatic rings. The van der Waals surface area contributed by atoms with Gasteiger partial charge in [-0.3, -0.25) is 4.79 Å². The molecular weight excluding hydrogens is 420 g/mol. The lowest BCUT2D eigenvalue weighted by Gasteiger charge is -2.18. The van der Waals surface area contributed by atoms with Crippen LogP contribution < -0.4 is 5.32 Å². The Morgan fingerprint density at radius 2 is 1.70 bits per heavy atom. The predicted octanol–water partition coefficient (Wildman–Crippen LogP) is 3.85. The number of amides is 1. The summed E-state index contributed by atoms with van der Waals surface area (Å²) in [7, 11) is -1.61. The van der Waals surface area contributed by atoms with E-state index >= 15 is 0 Å². The summed E-state index contributed by atoms with van der Waals surface area (Å²) in [6, 6.07) is 13.5. The monoisotopic (exact) mass is 444 g/mol. The van der Waals surface area contributed by atoms with Gasteiger partial charge in [-0.2, -0.15) is 4.31 Å². The Morgan fingerprint density at radius 3 is 2.23 bits per heavy atom. The third-order valence-electron chi connectivity index (χ3n) is 4.56. The van der Waals surface area contributed by atoms with Crippen LogP contribution in [0.2, 0.25) is 0 Å². The van der Waals surface area contributed by atoms with Crippen LogP contribution in [-0.2, 0) is 17.1 Å². The predicted molar refractivity (Wildman–Crippen MR) is 118 cm³/mol. The Morgan fingerprint density at radius 1 is 1.07 bits per heavy atom. The number of imidazole rings is 1. The van der Waals surface area contributed by atoms with Gasteiger partial charge in [0.2, 0.25) is 10.0 Å². The zero-order chi connectivity index (χ0) is 21.7. The quantitative estimate of drug-likeness (QED) is 0.570. The fraction of sp³-hybridized carbons (Fsp3) is 0.238. The molecule has 9 heteroatoms. The van der Waals surface area contributed by atoms with Gasteiger partial charge in [-0.15, -0.1) is 0 Å². The van der Waals surface area contributed by atoms with Gasteiger partial charge in [-0.25, -0.2) is 13.4 Å². The van der Waals surface area contributed by atoms with E-state index in [1.165, 1.54) is 40.3 Å². The average Bonchev–Trinajstić information content (AvgIpc) is 3.14. The topological polar surface area (TPSA) is 84.3 Å². The maximum atomic E-state index is 12.6. The molecule has 0 radical (unpaired) electrons. The second kappa shape index (κ2) is 9.46. The standard InChI is InChI=1S/C21H24N4O3S2/c1-4-25(5-2)30(27,28)19-12-6-16(7-13-19)20(26)23-17-8-10-18(11-9-17)29-21-22-14-15-24(21)3/h6-15H,4-5H2,1-3H3,(H,23,26). The number of rotatable bonds is 8. The molecule has 0 unspecified atom stereocenters. The van der Waals surface area contributed by atoms with Gasteiger partial charge < -0.3 is 9.88 Å². The van der Waals surface area contributed by atoms with Gasteiger partial charge in [-0.1, -0.05) is 25.6 Å². The molecule has 2 aromatic carbocycles. The van der Waals surface area contributed by atoms with E-state index in [0.717, 1.165) is 10.1 Å². The summed E-state index contributed by atoms with van der Waals surface area (Å²) in [5, 5.41) is 3.71. The minimum atomic E-state index is -3.54. The minimum absolute atomic E-state index is 0.179. The Kier molecular flexibility index (Phi) is 6.96. The maximum Gasteiger partial charge on any atom is 0.255 e. The number of carbonyl (C=O) groups excluding carboxylic acids is 1. The molecule has 0 bridgehead atoms. The number of aryl methyl sites for hydroxylation is 1. The summed E-state index contributed by atoms with van der Waals surface area (Å²) >= 11 is 1.53. The van der Waals surface area contributed by atoms with Gasteiger partial charge in [-0.05, 0) is 48.5 Å². The second-order valence-electron chi connectivity index (χ2n) is 6.51. The number of sulfonamides is 1. The van der Waals surface area contributed by atoms with E-state index < -0.39 is 10.0 Å². The van der Waals surface area contributed by atoms with Crippen molar-refractivity contribution in [2.75, 3.05) is 18.4 Å². The summed E-state index contributed by atoms with van der Waals surface area (Å²) < 4.78 is 28.4. The number of nitrogens with zero attached hydrogens (tertiary/aromatic N) is 3. The molecule has 1 heterocycles. The molecule has 0 saturated heterocycles. The second-order valence-corrected chi connectivity index (χ2v) is 9.49. The first-order valence-electron chi connectivity index (χ1n) is 9.52. The molecule has 0 aliphatic carbocycles. The third kappa shape index (κ3) is 4.92. The Labute approximate surface area is 181 Å². The zero-order valence-electron chi connectivity index (χ0n) is 17.1. The molecule has 3 rings (SSSR count). The number of hydrogen-bond donors (Lipinski definition) is 1. The summed E-state index contributed by atoms with van der Waals surface area (Å²) in [5.41, 5.74) is 1.05. The number of anilines is 1. The van der Waals surface area contributed by atoms with Crippen molar-refractivity contribution in [3.63, 3.8) is 0 Å². The van der Waals surface area contributed by atoms with Crippen molar-refractivity contribution in [3.05, 3.63) is 66.5 Å². The van der Waals surface area contributed by atoms with Gasteiger partial charge in [0, 0.05) is 48.7 Å². The largest absolute Gasteiger partial charge is 0.329 e. The Hall–Kier alpha value is -2.62. The highest BCUT2D eigenvalue weighted by atomic mass is 32.2. The molecule has 158 valence electrons. The van der Waals surface area contributed by atoms with Gasteiger partial charge in [0.05, 0.1) is 4.90 Å². The van der Waals surface area contributed by atoms with E-state index in [4.69, 9.17) is 0 Å². The molecule has 0 aliphatic heterocycles. The highest BCUT2D eigenvalue weighted by Gasteiger charge is 2.21. The van der Waals surface area contributed by atoms with Gasteiger partial charge in [0.15, 0.2) is 5.16 Å². The van der Waals surface area contributed by atoms with Crippen LogP contribution in [-0.4, -0.2) is 41.3 Å². The first-order chi connectivity index (χ1) is 14.3. The smallest absolute Gasteiger partial charge is 0.255 e. The van der Waals surface area contributed by atoms with E-state index in [2.05, 4.69) is 10.3 Å². The lowest BCUT2D eigenvalue weighted by Crippen LogP contribution is -2.30. The van der Waals surface area contributed by atoms with Gasteiger partial charge in [0.25, 0.3) is 5.91 Å². The number of benzene rings is 2. The van der Waals surface area contributed by atoms with Crippen molar-refractivity contribution in [2.24, 2.45) is 7.05 Å². The van der Waals surface area contributed by atoms with Crippen LogP contribution in [0.4, 0.5) is 5.69 Å². The first kappa shape index (κ1) is 22.1. The SMILES string of the molecule is CCN(CC)S(=O)(=O)c1ccc(C(=O)Nc2ccc(Sc3nccn3C)cc2)cc1. The maximum absolute atomic E-state index is 12.6. The van der Waals surface area contributed by atoms with E-state index in [0.29, 0.717) is 24.3 Å². The minimum Gasteiger partial charge on any atom is -0.329 e. The molecule has 1 aromatic heterocycles. The molecule has 0 saturated carbocycles. The van der Waals surface area contributed by atoms with Crippen molar-refractivity contribution in [2.45, 2.75) is 28.8 Å². The summed E-state index contributed by atoms with van der Waals surface area (Å²) in [5.74, 6) is -0.300. The highest BCUT2D eigenvalue weighted by molar-refractivity contribution is 7.99. The average molecular weight is 445 g/mol. The van der Waals surface area contributed by atoms with Crippen LogP contribution in [0.1, 0.15) is 24.2 Å². The number of hydrogen-bond acceptors (Lipinski definition) is 5. The van der Waals surface area contributed by atoms with Crippen molar-refractivity contribution in [1.82, 2.24) is 13.9 Å². The molecule has 0 fully saturated rings. The summed E-state index contributed by atoms with van der Waals surface area (Å²) in [6.07, 6.45) is 3.63. The third-order valence-corrected chi connectivity index (χ3v) is 7.71. The molecule has 0 aliphatic rings. The van der Waals surface area contributed by atoms with E-state index in [9.17, 15) is 13.2 Å². The van der Waals surface area contributed by atoms with Crippen LogP contribution >= 0.6 is 11.8 Å². The lowest BCUT2D eigenvalue weighted by molar-refractivity contribution is 0.102. The fourth-order valence-corrected chi connectivity index (χ4v) is 5.12. The van der Waals surface area contributed by atoms with Crippen LogP contribution in [0, 0.1) is 0 Å². The molecule has 30 heavy (non-hydrogen) atoms. The zero-order valence-corrected chi connectivity index (χ0v) is 18.7. The summed E-state index contributed by atoms with van der Waals surface area (Å²) in [6.45, 7) is 4.39. The normalized spacial score (nSPS) is 11.6. The van der Waals surface area contributed by atoms with Crippen LogP contribution in [0.5, 0.6) is 0 Å². The number of nitrogens with one attached hydrogen (secondary N) is 1. The Balaban J connectivity index is 1.66. The molecule has 1 amide bonds. The number of aromatic nitrogens is 2. The van der Waals surface area contributed by atoms with Crippen molar-refractivity contribution in [1.29, 1.82) is 0 Å². The molecule has 1 N–H and O–H groups in total. The van der Waals surface area contributed by atoms with Crippen molar-refractivity contribution < 1.29 is 13.2 Å². The van der Waals surface area contributed by atoms with Crippen LogP contribution in [0.3, 0.4) is 0 Å². The van der Waals surface area contributed by atoms with Gasteiger partial charge >= 0.3 is 0 Å². The van der Waals surface area contributed by atoms with Gasteiger partial charge in [0.1, 0.15) is 0 Å². The van der Waals surface area contributed by atoms with Crippen molar-refractivity contribution >= 4 is 33.4 Å². The van der Waals surface area contributed by atoms with E-state index in [1.807, 2.05) is 42.1 Å². The van der Waals surface area contributed by atoms with E-state index in [-0.39, 0.29) is 10.8 Å². The molecular formula is C21H24N4O3S2. The van der Waals surface area contributed by atoms with Crippen LogP contribution in [0.15, 0.2) is 75.9 Å². The fourth-order valence-electron chi connectivity index (χ4n) is 2.86. The number of carbonyl (C=O) groups is 1. The molecule has 0 atom stereocenters. The molecule has 0 spiro atoms.